The number of esters is 1. The predicted octanol–water partition coefficient (Wildman–Crippen LogP) is 2.57. The molecule has 0 radical (unpaired) electrons. The number of likely N-dealkylation sites (N-methyl/N-ethyl adjacent to an activating group) is 1. The summed E-state index contributed by atoms with van der Waals surface area (Å²) in [4.78, 5) is 10.9. The lowest BCUT2D eigenvalue weighted by Gasteiger charge is -2.04. The van der Waals surface area contributed by atoms with Gasteiger partial charge in [0.15, 0.2) is 0 Å². The third-order valence-electron chi connectivity index (χ3n) is 2.09. The zero-order chi connectivity index (χ0) is 12.4. The van der Waals surface area contributed by atoms with Gasteiger partial charge in [-0.25, -0.2) is 0 Å². The molecule has 90 valence electrons. The number of carbonyl (C=O) groups is 1. The van der Waals surface area contributed by atoms with Crippen LogP contribution in [0.15, 0.2) is 35.6 Å². The Morgan fingerprint density at radius 1 is 1.31 bits per heavy atom. The van der Waals surface area contributed by atoms with E-state index in [0.29, 0.717) is 6.42 Å². The fourth-order valence-corrected chi connectivity index (χ4v) is 1.15. The van der Waals surface area contributed by atoms with Gasteiger partial charge in [0.2, 0.25) is 0 Å². The molecule has 0 rings (SSSR count). The van der Waals surface area contributed by atoms with Crippen LogP contribution in [0.25, 0.3) is 0 Å². The van der Waals surface area contributed by atoms with Gasteiger partial charge in [-0.2, -0.15) is 0 Å². The Bertz CT molecular complexity index is 301. The third kappa shape index (κ3) is 6.06. The monoisotopic (exact) mass is 223 g/mol. The second-order valence-corrected chi connectivity index (χ2v) is 3.34. The highest BCUT2D eigenvalue weighted by Crippen LogP contribution is 2.05. The van der Waals surface area contributed by atoms with Crippen molar-refractivity contribution in [3.05, 3.63) is 35.6 Å². The second kappa shape index (κ2) is 8.77. The lowest BCUT2D eigenvalue weighted by molar-refractivity contribution is -0.139. The predicted molar refractivity (Wildman–Crippen MR) is 67.0 cm³/mol. The first-order valence-corrected chi connectivity index (χ1v) is 5.44. The van der Waals surface area contributed by atoms with Gasteiger partial charge in [-0.1, -0.05) is 25.2 Å². The molecule has 0 bridgehead atoms. The Labute approximate surface area is 97.9 Å². The Hall–Kier alpha value is -1.51. The van der Waals surface area contributed by atoms with Gasteiger partial charge in [0.05, 0.1) is 13.5 Å². The molecule has 0 aliphatic carbocycles. The van der Waals surface area contributed by atoms with E-state index < -0.39 is 0 Å². The maximum absolute atomic E-state index is 10.9. The van der Waals surface area contributed by atoms with Crippen molar-refractivity contribution in [3.63, 3.8) is 0 Å². The van der Waals surface area contributed by atoms with Gasteiger partial charge in [0.1, 0.15) is 0 Å². The first kappa shape index (κ1) is 14.5. The molecule has 3 heteroatoms. The standard InChI is InChI=1S/C13H21NO2/c1-5-6-8-11(2)12(14-3)9-7-10-13(15)16-4/h6-9,14H,5,10H2,1-4H3/b8-6+,9-7+,12-11-. The molecule has 0 fully saturated rings. The molecule has 0 heterocycles. The molecule has 0 atom stereocenters. The molecule has 0 amide bonds. The van der Waals surface area contributed by atoms with Crippen LogP contribution in [0.4, 0.5) is 0 Å². The fourth-order valence-electron chi connectivity index (χ4n) is 1.15. The van der Waals surface area contributed by atoms with E-state index in [1.54, 1.807) is 6.08 Å². The van der Waals surface area contributed by atoms with Gasteiger partial charge >= 0.3 is 5.97 Å². The summed E-state index contributed by atoms with van der Waals surface area (Å²) in [6, 6.07) is 0. The van der Waals surface area contributed by atoms with Gasteiger partial charge in [-0.05, 0) is 25.0 Å². The largest absolute Gasteiger partial charge is 0.469 e. The van der Waals surface area contributed by atoms with Crippen LogP contribution in [0.3, 0.4) is 0 Å². The highest BCUT2D eigenvalue weighted by molar-refractivity contribution is 5.71. The van der Waals surface area contributed by atoms with Gasteiger partial charge in [-0.3, -0.25) is 4.79 Å². The highest BCUT2D eigenvalue weighted by atomic mass is 16.5. The molecule has 0 aromatic rings. The fraction of sp³-hybridized carbons (Fsp3) is 0.462. The number of nitrogens with one attached hydrogen (secondary N) is 1. The maximum atomic E-state index is 10.9. The van der Waals surface area contributed by atoms with Crippen LogP contribution in [0.5, 0.6) is 0 Å². The van der Waals surface area contributed by atoms with E-state index in [0.717, 1.165) is 17.7 Å². The number of methoxy groups -OCH3 is 1. The molecule has 1 N–H and O–H groups in total. The zero-order valence-electron chi connectivity index (χ0n) is 10.5. The van der Waals surface area contributed by atoms with E-state index in [1.807, 2.05) is 20.0 Å². The van der Waals surface area contributed by atoms with Crippen molar-refractivity contribution in [3.8, 4) is 0 Å². The molecule has 0 saturated carbocycles. The van der Waals surface area contributed by atoms with Gasteiger partial charge in [-0.15, -0.1) is 0 Å². The SMILES string of the molecule is CC/C=C/C(C)=C(/C=C/CC(=O)OC)NC. The maximum Gasteiger partial charge on any atom is 0.309 e. The first-order chi connectivity index (χ1) is 7.65. The van der Waals surface area contributed by atoms with Crippen LogP contribution < -0.4 is 5.32 Å². The number of hydrogen-bond acceptors (Lipinski definition) is 3. The van der Waals surface area contributed by atoms with E-state index in [9.17, 15) is 4.79 Å². The van der Waals surface area contributed by atoms with Crippen molar-refractivity contribution in [1.29, 1.82) is 0 Å². The smallest absolute Gasteiger partial charge is 0.309 e. The average Bonchev–Trinajstić information content (AvgIpc) is 2.31. The quantitative estimate of drug-likeness (QED) is 0.555. The van der Waals surface area contributed by atoms with E-state index in [4.69, 9.17) is 0 Å². The summed E-state index contributed by atoms with van der Waals surface area (Å²) in [5.74, 6) is -0.228. The lowest BCUT2D eigenvalue weighted by Crippen LogP contribution is -2.05. The van der Waals surface area contributed by atoms with Gasteiger partial charge < -0.3 is 10.1 Å². The van der Waals surface area contributed by atoms with Crippen LogP contribution in [0.1, 0.15) is 26.7 Å². The minimum Gasteiger partial charge on any atom is -0.469 e. The molecular formula is C13H21NO2. The summed E-state index contributed by atoms with van der Waals surface area (Å²) < 4.78 is 4.55. The minimum atomic E-state index is -0.228. The minimum absolute atomic E-state index is 0.228. The number of allylic oxidation sites excluding steroid dienone is 4. The molecule has 0 aliphatic heterocycles. The topological polar surface area (TPSA) is 38.3 Å². The number of ether oxygens (including phenoxy) is 1. The van der Waals surface area contributed by atoms with E-state index in [-0.39, 0.29) is 5.97 Å². The average molecular weight is 223 g/mol. The Morgan fingerprint density at radius 3 is 2.50 bits per heavy atom. The molecule has 0 unspecified atom stereocenters. The molecular weight excluding hydrogens is 202 g/mol. The molecule has 16 heavy (non-hydrogen) atoms. The van der Waals surface area contributed by atoms with Gasteiger partial charge in [0.25, 0.3) is 0 Å². The first-order valence-electron chi connectivity index (χ1n) is 5.44. The van der Waals surface area contributed by atoms with Crippen LogP contribution >= 0.6 is 0 Å². The van der Waals surface area contributed by atoms with E-state index in [1.165, 1.54) is 7.11 Å². The Morgan fingerprint density at radius 2 is 2.00 bits per heavy atom. The zero-order valence-corrected chi connectivity index (χ0v) is 10.5. The van der Waals surface area contributed by atoms with Crippen LogP contribution in [-0.4, -0.2) is 20.1 Å². The Kier molecular flexibility index (Phi) is 7.94. The number of rotatable bonds is 6. The third-order valence-corrected chi connectivity index (χ3v) is 2.09. The summed E-state index contributed by atoms with van der Waals surface area (Å²) in [5.41, 5.74) is 2.15. The van der Waals surface area contributed by atoms with E-state index in [2.05, 4.69) is 29.1 Å². The van der Waals surface area contributed by atoms with Gasteiger partial charge in [0, 0.05) is 12.7 Å². The second-order valence-electron chi connectivity index (χ2n) is 3.34. The van der Waals surface area contributed by atoms with Crippen LogP contribution in [0.2, 0.25) is 0 Å². The van der Waals surface area contributed by atoms with Crippen molar-refractivity contribution in [1.82, 2.24) is 5.32 Å². The molecule has 0 spiro atoms. The van der Waals surface area contributed by atoms with Crippen molar-refractivity contribution in [2.24, 2.45) is 0 Å². The summed E-state index contributed by atoms with van der Waals surface area (Å²) in [5, 5.41) is 3.09. The Balaban J connectivity index is 4.49. The van der Waals surface area contributed by atoms with Crippen LogP contribution in [0, 0.1) is 0 Å². The summed E-state index contributed by atoms with van der Waals surface area (Å²) in [7, 11) is 3.25. The molecule has 0 aromatic carbocycles. The molecule has 0 saturated heterocycles. The van der Waals surface area contributed by atoms with Crippen molar-refractivity contribution < 1.29 is 9.53 Å². The number of hydrogen-bond donors (Lipinski definition) is 1. The van der Waals surface area contributed by atoms with E-state index >= 15 is 0 Å². The molecule has 0 aromatic heterocycles. The van der Waals surface area contributed by atoms with Crippen molar-refractivity contribution in [2.75, 3.05) is 14.2 Å². The van der Waals surface area contributed by atoms with Crippen LogP contribution in [-0.2, 0) is 9.53 Å². The molecule has 0 aliphatic rings. The lowest BCUT2D eigenvalue weighted by atomic mass is 10.2. The summed E-state index contributed by atoms with van der Waals surface area (Å²) in [6.07, 6.45) is 9.16. The summed E-state index contributed by atoms with van der Waals surface area (Å²) in [6.45, 7) is 4.12. The molecule has 3 nitrogen and oxygen atoms in total. The van der Waals surface area contributed by atoms with Crippen molar-refractivity contribution >= 4 is 5.97 Å². The summed E-state index contributed by atoms with van der Waals surface area (Å²) >= 11 is 0. The highest BCUT2D eigenvalue weighted by Gasteiger charge is 1.96. The number of carbonyl (C=O) groups excluding carboxylic acids is 1. The normalized spacial score (nSPS) is 13.0. The van der Waals surface area contributed by atoms with Crippen molar-refractivity contribution in [2.45, 2.75) is 26.7 Å².